The van der Waals surface area contributed by atoms with Crippen LogP contribution in [-0.2, 0) is 29.0 Å². The highest BCUT2D eigenvalue weighted by atomic mass is 32.2. The van der Waals surface area contributed by atoms with E-state index in [9.17, 15) is 32.4 Å². The Morgan fingerprint density at radius 1 is 0.938 bits per heavy atom. The largest absolute Gasteiger partial charge is 0.346 e. The fourth-order valence-corrected chi connectivity index (χ4v) is 8.38. The lowest BCUT2D eigenvalue weighted by Crippen LogP contribution is -2.62. The number of ketones is 1. The van der Waals surface area contributed by atoms with Gasteiger partial charge >= 0.3 is 6.03 Å². The highest BCUT2D eigenvalue weighted by Gasteiger charge is 2.43. The van der Waals surface area contributed by atoms with Gasteiger partial charge in [-0.3, -0.25) is 19.2 Å². The number of carbonyl (C=O) groups is 5. The van der Waals surface area contributed by atoms with E-state index in [1.807, 2.05) is 6.92 Å². The molecule has 3 fully saturated rings. The number of nitrogens with one attached hydrogen (secondary N) is 4. The van der Waals surface area contributed by atoms with Gasteiger partial charge in [-0.15, -0.1) is 6.58 Å². The molecule has 2 atom stereocenters. The van der Waals surface area contributed by atoms with E-state index in [1.165, 1.54) is 11.0 Å². The normalized spacial score (nSPS) is 19.7. The maximum atomic E-state index is 14.2. The van der Waals surface area contributed by atoms with Crippen molar-refractivity contribution in [3.05, 3.63) is 12.7 Å². The number of hydrogen-bond acceptors (Lipinski definition) is 7. The zero-order chi connectivity index (χ0) is 35.5. The van der Waals surface area contributed by atoms with E-state index in [2.05, 4.69) is 27.8 Å². The highest BCUT2D eigenvalue weighted by Crippen LogP contribution is 2.34. The van der Waals surface area contributed by atoms with Gasteiger partial charge in [-0.2, -0.15) is 0 Å². The summed E-state index contributed by atoms with van der Waals surface area (Å²) in [6.07, 6.45) is 12.2. The second kappa shape index (κ2) is 17.6. The molecule has 0 aliphatic heterocycles. The van der Waals surface area contributed by atoms with Gasteiger partial charge < -0.3 is 26.2 Å². The number of carbonyl (C=O) groups excluding carboxylic acids is 5. The molecule has 48 heavy (non-hydrogen) atoms. The molecule has 5 amide bonds. The van der Waals surface area contributed by atoms with E-state index >= 15 is 0 Å². The molecule has 272 valence electrons. The minimum absolute atomic E-state index is 0.129. The Bertz CT molecular complexity index is 1260. The summed E-state index contributed by atoms with van der Waals surface area (Å²) in [4.78, 5) is 68.1. The molecule has 0 aromatic carbocycles. The van der Waals surface area contributed by atoms with Crippen molar-refractivity contribution < 1.29 is 32.4 Å². The molecule has 0 aromatic heterocycles. The Hall–Kier alpha value is -2.96. The van der Waals surface area contributed by atoms with E-state index in [0.29, 0.717) is 25.7 Å². The van der Waals surface area contributed by atoms with Crippen molar-refractivity contribution in [2.45, 2.75) is 140 Å². The summed E-state index contributed by atoms with van der Waals surface area (Å²) in [5.41, 5.74) is -0.932. The Morgan fingerprint density at radius 3 is 2.12 bits per heavy atom. The molecule has 1 unspecified atom stereocenters. The van der Waals surface area contributed by atoms with E-state index in [4.69, 9.17) is 0 Å². The van der Waals surface area contributed by atoms with Gasteiger partial charge in [-0.1, -0.05) is 64.4 Å². The van der Waals surface area contributed by atoms with Gasteiger partial charge in [0.15, 0.2) is 9.84 Å². The second-order valence-electron chi connectivity index (χ2n) is 15.1. The van der Waals surface area contributed by atoms with E-state index < -0.39 is 55.8 Å². The summed E-state index contributed by atoms with van der Waals surface area (Å²) in [5.74, 6) is -2.51. The van der Waals surface area contributed by atoms with Crippen molar-refractivity contribution in [1.29, 1.82) is 0 Å². The highest BCUT2D eigenvalue weighted by molar-refractivity contribution is 7.92. The number of rotatable bonds is 17. The van der Waals surface area contributed by atoms with Gasteiger partial charge in [0.05, 0.1) is 28.6 Å². The molecular formula is C35H59N5O7S. The number of sulfone groups is 1. The summed E-state index contributed by atoms with van der Waals surface area (Å²) >= 11 is 0. The molecule has 12 nitrogen and oxygen atoms in total. The minimum Gasteiger partial charge on any atom is -0.346 e. The average Bonchev–Trinajstić information content (AvgIpc) is 3.85. The number of nitrogens with zero attached hydrogens (tertiary/aromatic N) is 1. The molecule has 3 aliphatic carbocycles. The molecule has 4 N–H and O–H groups in total. The molecule has 0 radical (unpaired) electrons. The summed E-state index contributed by atoms with van der Waals surface area (Å²) in [6.45, 7) is 10.5. The Morgan fingerprint density at radius 2 is 1.56 bits per heavy atom. The van der Waals surface area contributed by atoms with Gasteiger partial charge in [0, 0.05) is 13.1 Å². The van der Waals surface area contributed by atoms with Crippen molar-refractivity contribution in [2.24, 2.45) is 11.8 Å². The third-order valence-electron chi connectivity index (χ3n) is 9.95. The molecule has 0 saturated heterocycles. The van der Waals surface area contributed by atoms with Gasteiger partial charge in [0.2, 0.25) is 17.6 Å². The Kier molecular flexibility index (Phi) is 14.5. The van der Waals surface area contributed by atoms with E-state index in [-0.39, 0.29) is 43.1 Å². The predicted molar refractivity (Wildman–Crippen MR) is 186 cm³/mol. The molecule has 0 heterocycles. The summed E-state index contributed by atoms with van der Waals surface area (Å²) in [6, 6.07) is -2.48. The summed E-state index contributed by atoms with van der Waals surface area (Å²) < 4.78 is 25.6. The number of urea groups is 1. The average molecular weight is 694 g/mol. The molecule has 13 heteroatoms. The minimum atomic E-state index is -3.55. The van der Waals surface area contributed by atoms with Crippen LogP contribution in [0.25, 0.3) is 0 Å². The number of Topliss-reactive ketones (excluding diaryl/α,β-unsaturated/α-hetero) is 1. The second-order valence-corrected chi connectivity index (χ2v) is 17.9. The van der Waals surface area contributed by atoms with Gasteiger partial charge in [0.25, 0.3) is 5.91 Å². The lowest BCUT2D eigenvalue weighted by molar-refractivity contribution is -0.141. The van der Waals surface area contributed by atoms with Gasteiger partial charge in [-0.25, -0.2) is 13.2 Å². The fourth-order valence-electron chi connectivity index (χ4n) is 6.86. The Balaban J connectivity index is 1.78. The monoisotopic (exact) mass is 693 g/mol. The molecular weight excluding hydrogens is 634 g/mol. The van der Waals surface area contributed by atoms with Crippen LogP contribution in [-0.4, -0.2) is 90.6 Å². The third kappa shape index (κ3) is 11.6. The first-order valence-corrected chi connectivity index (χ1v) is 19.6. The van der Waals surface area contributed by atoms with Crippen molar-refractivity contribution in [3.63, 3.8) is 0 Å². The van der Waals surface area contributed by atoms with Crippen molar-refractivity contribution in [3.8, 4) is 0 Å². The first kappa shape index (κ1) is 39.5. The molecule has 3 rings (SSSR count). The van der Waals surface area contributed by atoms with Crippen LogP contribution in [0.4, 0.5) is 4.79 Å². The van der Waals surface area contributed by atoms with Gasteiger partial charge in [0.1, 0.15) is 6.04 Å². The number of amides is 5. The van der Waals surface area contributed by atoms with E-state index in [1.54, 1.807) is 20.8 Å². The molecule has 0 spiro atoms. The summed E-state index contributed by atoms with van der Waals surface area (Å²) in [7, 11) is -3.55. The Labute approximate surface area is 287 Å². The van der Waals surface area contributed by atoms with Crippen LogP contribution in [0.1, 0.15) is 118 Å². The zero-order valence-corrected chi connectivity index (χ0v) is 30.4. The lowest BCUT2D eigenvalue weighted by atomic mass is 9.82. The topological polar surface area (TPSA) is 171 Å². The molecule has 0 bridgehead atoms. The van der Waals surface area contributed by atoms with Crippen LogP contribution in [0.2, 0.25) is 0 Å². The summed E-state index contributed by atoms with van der Waals surface area (Å²) in [5, 5.41) is 11.2. The first-order chi connectivity index (χ1) is 22.6. The molecule has 0 aromatic rings. The number of hydrogen-bond donors (Lipinski definition) is 4. The fraction of sp³-hybridized carbons (Fsp3) is 0.800. The predicted octanol–water partition coefficient (Wildman–Crippen LogP) is 3.55. The van der Waals surface area contributed by atoms with Gasteiger partial charge in [-0.05, 0) is 71.1 Å². The zero-order valence-electron chi connectivity index (χ0n) is 29.5. The molecule has 3 aliphatic rings. The third-order valence-corrected chi connectivity index (χ3v) is 12.7. The van der Waals surface area contributed by atoms with E-state index in [0.717, 1.165) is 64.2 Å². The van der Waals surface area contributed by atoms with Crippen LogP contribution in [0.3, 0.4) is 0 Å². The van der Waals surface area contributed by atoms with Crippen LogP contribution in [0.5, 0.6) is 0 Å². The maximum Gasteiger partial charge on any atom is 0.315 e. The smallest absolute Gasteiger partial charge is 0.315 e. The van der Waals surface area contributed by atoms with Crippen LogP contribution in [0.15, 0.2) is 12.7 Å². The quantitative estimate of drug-likeness (QED) is 0.133. The van der Waals surface area contributed by atoms with Crippen LogP contribution >= 0.6 is 0 Å². The van der Waals surface area contributed by atoms with Crippen molar-refractivity contribution >= 4 is 39.4 Å². The van der Waals surface area contributed by atoms with Crippen molar-refractivity contribution in [1.82, 2.24) is 26.2 Å². The van der Waals surface area contributed by atoms with Crippen LogP contribution < -0.4 is 21.3 Å². The van der Waals surface area contributed by atoms with Crippen LogP contribution in [0, 0.1) is 11.8 Å². The molecule has 3 saturated carbocycles. The van der Waals surface area contributed by atoms with Crippen molar-refractivity contribution in [2.75, 3.05) is 25.4 Å². The SMILES string of the molecule is C=CCNC(=O)C(=O)C(CC1CC1)NC(=O)CN(CCC)C(=O)[C@@H](NC(=O)NC1(CS(=O)(=O)C(C)(C)C)CCCCC1)C1CCCCC1. The first-order valence-electron chi connectivity index (χ1n) is 17.9. The standard InChI is InChI=1S/C35H59N5O7S/c1-6-20-36-31(43)30(42)27(22-25-16-17-25)37-28(41)23-40(21-7-2)32(44)29(26-14-10-8-11-15-26)38-33(45)39-35(18-12-9-13-19-35)24-48(46,47)34(3,4)5/h6,25-27,29H,1,7-24H2,2-5H3,(H,36,43)(H,37,41)(H2,38,39,45)/t27?,29-/m0/s1. The lowest BCUT2D eigenvalue weighted by Gasteiger charge is -2.40. The maximum absolute atomic E-state index is 14.2.